The van der Waals surface area contributed by atoms with Crippen molar-refractivity contribution in [2.75, 3.05) is 5.01 Å². The number of anilines is 1. The molecule has 0 saturated carbocycles. The van der Waals surface area contributed by atoms with Crippen LogP contribution in [0.15, 0.2) is 42.0 Å². The topological polar surface area (TPSA) is 49.4 Å². The fourth-order valence-electron chi connectivity index (χ4n) is 2.40. The van der Waals surface area contributed by atoms with Crippen molar-refractivity contribution in [3.63, 3.8) is 0 Å². The highest BCUT2D eigenvalue weighted by molar-refractivity contribution is 6.38. The molecule has 0 aromatic heterocycles. The second kappa shape index (κ2) is 6.30. The minimum Gasteiger partial charge on any atom is -0.267 e. The zero-order chi connectivity index (χ0) is 17.4. The second-order valence-electron chi connectivity index (χ2n) is 5.54. The van der Waals surface area contributed by atoms with Crippen LogP contribution in [0.4, 0.5) is 5.69 Å². The van der Waals surface area contributed by atoms with E-state index in [-0.39, 0.29) is 5.57 Å². The number of nitrogens with zero attached hydrogens (tertiary/aromatic N) is 1. The number of carbonyl (C=O) groups excluding carboxylic acids is 2. The quantitative estimate of drug-likeness (QED) is 0.648. The Hall–Kier alpha value is -2.30. The Morgan fingerprint density at radius 1 is 1.00 bits per heavy atom. The van der Waals surface area contributed by atoms with Crippen molar-refractivity contribution in [2.24, 2.45) is 0 Å². The molecule has 3 rings (SSSR count). The molecule has 1 fully saturated rings. The first kappa shape index (κ1) is 16.6. The predicted molar refractivity (Wildman–Crippen MR) is 96.0 cm³/mol. The van der Waals surface area contributed by atoms with Gasteiger partial charge in [-0.1, -0.05) is 35.3 Å². The summed E-state index contributed by atoms with van der Waals surface area (Å²) >= 11 is 12.2. The van der Waals surface area contributed by atoms with Crippen LogP contribution < -0.4 is 10.4 Å². The molecule has 0 atom stereocenters. The summed E-state index contributed by atoms with van der Waals surface area (Å²) in [5, 5.41) is 1.98. The summed E-state index contributed by atoms with van der Waals surface area (Å²) in [4.78, 5) is 24.8. The van der Waals surface area contributed by atoms with Crippen LogP contribution in [0, 0.1) is 13.8 Å². The molecule has 24 heavy (non-hydrogen) atoms. The minimum atomic E-state index is -0.491. The van der Waals surface area contributed by atoms with E-state index in [1.807, 2.05) is 26.0 Å². The number of benzene rings is 2. The smallest absolute Gasteiger partial charge is 0.267 e. The lowest BCUT2D eigenvalue weighted by molar-refractivity contribution is -0.117. The lowest BCUT2D eigenvalue weighted by Crippen LogP contribution is -2.35. The SMILES string of the molecule is Cc1ccc(N2NC(=O)C(=Cc3c(Cl)cccc3Cl)C2=O)cc1C. The van der Waals surface area contributed by atoms with Gasteiger partial charge in [0.2, 0.25) is 0 Å². The van der Waals surface area contributed by atoms with Gasteiger partial charge >= 0.3 is 0 Å². The molecule has 0 bridgehead atoms. The van der Waals surface area contributed by atoms with Crippen LogP contribution >= 0.6 is 23.2 Å². The predicted octanol–water partition coefficient (Wildman–Crippen LogP) is 4.07. The molecule has 2 amide bonds. The maximum absolute atomic E-state index is 12.6. The Labute approximate surface area is 149 Å². The zero-order valence-electron chi connectivity index (χ0n) is 13.1. The standard InChI is InChI=1S/C18H14Cl2N2O2/c1-10-6-7-12(8-11(10)2)22-18(24)14(17(23)21-22)9-13-15(19)4-3-5-16(13)20/h3-9H,1-2H3,(H,21,23). The summed E-state index contributed by atoms with van der Waals surface area (Å²) in [6.07, 6.45) is 1.42. The van der Waals surface area contributed by atoms with Gasteiger partial charge in [-0.3, -0.25) is 15.0 Å². The normalized spacial score (nSPS) is 16.0. The molecule has 122 valence electrons. The van der Waals surface area contributed by atoms with Gasteiger partial charge in [-0.15, -0.1) is 0 Å². The van der Waals surface area contributed by atoms with Crippen molar-refractivity contribution in [1.29, 1.82) is 0 Å². The Morgan fingerprint density at radius 3 is 2.29 bits per heavy atom. The molecule has 0 spiro atoms. The number of rotatable bonds is 2. The first-order chi connectivity index (χ1) is 11.4. The summed E-state index contributed by atoms with van der Waals surface area (Å²) < 4.78 is 0. The Balaban J connectivity index is 2.00. The van der Waals surface area contributed by atoms with Gasteiger partial charge in [0.15, 0.2) is 0 Å². The van der Waals surface area contributed by atoms with Crippen molar-refractivity contribution >= 4 is 46.8 Å². The third-order valence-corrected chi connectivity index (χ3v) is 4.59. The highest BCUT2D eigenvalue weighted by Crippen LogP contribution is 2.29. The minimum absolute atomic E-state index is 0.0109. The van der Waals surface area contributed by atoms with E-state index in [1.165, 1.54) is 11.1 Å². The van der Waals surface area contributed by atoms with Gasteiger partial charge < -0.3 is 0 Å². The van der Waals surface area contributed by atoms with E-state index in [4.69, 9.17) is 23.2 Å². The molecule has 6 heteroatoms. The highest BCUT2D eigenvalue weighted by atomic mass is 35.5. The molecule has 2 aromatic rings. The Bertz CT molecular complexity index is 870. The highest BCUT2D eigenvalue weighted by Gasteiger charge is 2.34. The fourth-order valence-corrected chi connectivity index (χ4v) is 2.90. The molecule has 1 saturated heterocycles. The number of hydrogen-bond donors (Lipinski definition) is 1. The van der Waals surface area contributed by atoms with E-state index in [0.717, 1.165) is 11.1 Å². The number of hydrogen-bond acceptors (Lipinski definition) is 2. The number of nitrogens with one attached hydrogen (secondary N) is 1. The van der Waals surface area contributed by atoms with Gasteiger partial charge in [0, 0.05) is 15.6 Å². The number of amides is 2. The molecule has 1 aliphatic heterocycles. The molecular formula is C18H14Cl2N2O2. The number of aryl methyl sites for hydroxylation is 2. The van der Waals surface area contributed by atoms with Crippen molar-refractivity contribution in [1.82, 2.24) is 5.43 Å². The van der Waals surface area contributed by atoms with E-state index in [2.05, 4.69) is 5.43 Å². The maximum Gasteiger partial charge on any atom is 0.282 e. The van der Waals surface area contributed by atoms with Gasteiger partial charge in [-0.05, 0) is 55.3 Å². The van der Waals surface area contributed by atoms with Crippen molar-refractivity contribution in [3.05, 3.63) is 68.7 Å². The van der Waals surface area contributed by atoms with Crippen LogP contribution in [0.5, 0.6) is 0 Å². The summed E-state index contributed by atoms with van der Waals surface area (Å²) in [6.45, 7) is 3.93. The monoisotopic (exact) mass is 360 g/mol. The van der Waals surface area contributed by atoms with Crippen LogP contribution in [0.1, 0.15) is 16.7 Å². The molecule has 0 radical (unpaired) electrons. The van der Waals surface area contributed by atoms with Crippen molar-refractivity contribution < 1.29 is 9.59 Å². The molecule has 1 aliphatic rings. The van der Waals surface area contributed by atoms with Crippen LogP contribution in [0.3, 0.4) is 0 Å². The first-order valence-electron chi connectivity index (χ1n) is 7.27. The average molecular weight is 361 g/mol. The van der Waals surface area contributed by atoms with Gasteiger partial charge in [-0.2, -0.15) is 0 Å². The van der Waals surface area contributed by atoms with E-state index in [1.54, 1.807) is 24.3 Å². The zero-order valence-corrected chi connectivity index (χ0v) is 14.6. The van der Waals surface area contributed by atoms with Crippen molar-refractivity contribution in [3.8, 4) is 0 Å². The summed E-state index contributed by atoms with van der Waals surface area (Å²) in [5.41, 5.74) is 5.74. The van der Waals surface area contributed by atoms with Crippen LogP contribution in [-0.4, -0.2) is 11.8 Å². The number of hydrazine groups is 1. The van der Waals surface area contributed by atoms with Crippen molar-refractivity contribution in [2.45, 2.75) is 13.8 Å². The lowest BCUT2D eigenvalue weighted by Gasteiger charge is -2.16. The maximum atomic E-state index is 12.6. The van der Waals surface area contributed by atoms with E-state index < -0.39 is 11.8 Å². The molecule has 1 N–H and O–H groups in total. The summed E-state index contributed by atoms with van der Waals surface area (Å²) in [7, 11) is 0. The molecular weight excluding hydrogens is 347 g/mol. The number of halogens is 2. The third kappa shape index (κ3) is 2.90. The first-order valence-corrected chi connectivity index (χ1v) is 8.02. The fraction of sp³-hybridized carbons (Fsp3) is 0.111. The summed E-state index contributed by atoms with van der Waals surface area (Å²) in [6, 6.07) is 10.5. The summed E-state index contributed by atoms with van der Waals surface area (Å²) in [5.74, 6) is -0.937. The second-order valence-corrected chi connectivity index (χ2v) is 6.36. The van der Waals surface area contributed by atoms with Crippen LogP contribution in [0.2, 0.25) is 10.0 Å². The van der Waals surface area contributed by atoms with Gasteiger partial charge in [0.25, 0.3) is 11.8 Å². The van der Waals surface area contributed by atoms with Gasteiger partial charge in [-0.25, -0.2) is 5.01 Å². The Kier molecular flexibility index (Phi) is 4.35. The average Bonchev–Trinajstić information content (AvgIpc) is 2.81. The lowest BCUT2D eigenvalue weighted by atomic mass is 10.1. The Morgan fingerprint density at radius 2 is 1.67 bits per heavy atom. The third-order valence-electron chi connectivity index (χ3n) is 3.93. The number of carbonyl (C=O) groups is 2. The largest absolute Gasteiger partial charge is 0.282 e. The van der Waals surface area contributed by atoms with Crippen LogP contribution in [-0.2, 0) is 9.59 Å². The van der Waals surface area contributed by atoms with Gasteiger partial charge in [0.1, 0.15) is 5.57 Å². The molecule has 4 nitrogen and oxygen atoms in total. The van der Waals surface area contributed by atoms with E-state index in [0.29, 0.717) is 21.3 Å². The van der Waals surface area contributed by atoms with Crippen LogP contribution in [0.25, 0.3) is 6.08 Å². The van der Waals surface area contributed by atoms with Gasteiger partial charge in [0.05, 0.1) is 5.69 Å². The molecule has 1 heterocycles. The molecule has 0 aliphatic carbocycles. The molecule has 2 aromatic carbocycles. The van der Waals surface area contributed by atoms with E-state index in [9.17, 15) is 9.59 Å². The molecule has 0 unspecified atom stereocenters. The van der Waals surface area contributed by atoms with E-state index >= 15 is 0 Å².